The molecule has 0 aliphatic rings. The summed E-state index contributed by atoms with van der Waals surface area (Å²) in [6.07, 6.45) is 0.250. The summed E-state index contributed by atoms with van der Waals surface area (Å²) in [5, 5.41) is 0. The van der Waals surface area contributed by atoms with E-state index in [0.717, 1.165) is 0 Å². The fourth-order valence-electron chi connectivity index (χ4n) is 0. The number of hydrogen-bond donors (Lipinski definition) is 0. The molecule has 0 nitrogen and oxygen atoms in total. The number of halogens is 1. The van der Waals surface area contributed by atoms with Crippen molar-refractivity contribution in [3.63, 3.8) is 0 Å². The van der Waals surface area contributed by atoms with Gasteiger partial charge in [0.15, 0.2) is 0 Å². The smallest absolute Gasteiger partial charge is 0.0824 e. The fourth-order valence-corrected chi connectivity index (χ4v) is 0. The first-order valence-electron chi connectivity index (χ1n) is 1.51. The van der Waals surface area contributed by atoms with Crippen molar-refractivity contribution >= 4 is 0 Å². The Hall–Kier alpha value is -0.330. The van der Waals surface area contributed by atoms with Crippen molar-refractivity contribution in [3.8, 4) is 0 Å². The van der Waals surface area contributed by atoms with Crippen LogP contribution < -0.4 is 0 Å². The quantitative estimate of drug-likeness (QED) is 0.398. The third kappa shape index (κ3) is 1.67. The zero-order valence-corrected chi connectivity index (χ0v) is 2.46. The van der Waals surface area contributed by atoms with Crippen molar-refractivity contribution in [3.05, 3.63) is 12.4 Å². The molecule has 0 atom stereocenters. The minimum atomic E-state index is -0.0370. The molecule has 0 heterocycles. The minimum Gasteiger partial charge on any atom is -0.216 e. The van der Waals surface area contributed by atoms with Crippen LogP contribution in [0.5, 0.6) is 0 Å². The fraction of sp³-hybridized carbons (Fsp3) is 0.333. The first kappa shape index (κ1) is 1.94. The highest BCUT2D eigenvalue weighted by Gasteiger charge is 1.38. The zero-order chi connectivity index (χ0) is 4.28. The molecular weight excluding hydrogens is 55.0 g/mol. The van der Waals surface area contributed by atoms with E-state index in [1.54, 1.807) is 0 Å². The molecule has 24 valence electrons. The largest absolute Gasteiger partial charge is 0.216 e. The van der Waals surface area contributed by atoms with Gasteiger partial charge in [0.05, 0.1) is 7.70 Å². The standard InChI is InChI=1S/C3H5F/c1-2-3-4/h2-3H,1H3/b3-2-/i2D. The highest BCUT2D eigenvalue weighted by molar-refractivity contribution is 4.61. The van der Waals surface area contributed by atoms with Gasteiger partial charge in [-0.15, -0.1) is 0 Å². The lowest BCUT2D eigenvalue weighted by molar-refractivity contribution is 0.719. The van der Waals surface area contributed by atoms with Crippen LogP contribution >= 0.6 is 0 Å². The van der Waals surface area contributed by atoms with Crippen LogP contribution in [0.15, 0.2) is 12.4 Å². The van der Waals surface area contributed by atoms with Crippen LogP contribution in [0.25, 0.3) is 0 Å². The molecule has 0 unspecified atom stereocenters. The Morgan fingerprint density at radius 2 is 2.50 bits per heavy atom. The van der Waals surface area contributed by atoms with E-state index in [0.29, 0.717) is 0 Å². The van der Waals surface area contributed by atoms with Crippen molar-refractivity contribution in [2.45, 2.75) is 6.92 Å². The van der Waals surface area contributed by atoms with Crippen molar-refractivity contribution in [1.82, 2.24) is 0 Å². The molecule has 0 aliphatic heterocycles. The number of allylic oxidation sites excluding steroid dienone is 1. The molecule has 0 aliphatic carbocycles. The lowest BCUT2D eigenvalue weighted by Crippen LogP contribution is -1.22. The van der Waals surface area contributed by atoms with Crippen LogP contribution in [0.2, 0.25) is 0 Å². The highest BCUT2D eigenvalue weighted by Crippen LogP contribution is 1.62. The average molecular weight is 61.1 g/mol. The van der Waals surface area contributed by atoms with Gasteiger partial charge in [0, 0.05) is 0 Å². The molecule has 0 fully saturated rings. The normalized spacial score (nSPS) is 15.5. The third-order valence-corrected chi connectivity index (χ3v) is 0.109. The molecule has 0 aromatic heterocycles. The van der Waals surface area contributed by atoms with Gasteiger partial charge in [-0.05, 0) is 6.92 Å². The van der Waals surface area contributed by atoms with Gasteiger partial charge >= 0.3 is 0 Å². The lowest BCUT2D eigenvalue weighted by Gasteiger charge is -1.45. The van der Waals surface area contributed by atoms with E-state index < -0.39 is 0 Å². The van der Waals surface area contributed by atoms with Gasteiger partial charge < -0.3 is 0 Å². The summed E-state index contributed by atoms with van der Waals surface area (Å²) in [5.41, 5.74) is 0. The Balaban J connectivity index is 3.14. The molecule has 0 saturated heterocycles. The average Bonchev–Trinajstić information content (AvgIpc) is 1.38. The Kier molecular flexibility index (Phi) is 1.30. The summed E-state index contributed by atoms with van der Waals surface area (Å²) in [5.74, 6) is 0. The maximum absolute atomic E-state index is 10.8. The summed E-state index contributed by atoms with van der Waals surface area (Å²) in [7, 11) is 0. The van der Waals surface area contributed by atoms with Gasteiger partial charge in [0.1, 0.15) is 0 Å². The molecule has 0 radical (unpaired) electrons. The summed E-state index contributed by atoms with van der Waals surface area (Å²) in [6.45, 7) is 1.38. The maximum Gasteiger partial charge on any atom is 0.0824 e. The number of rotatable bonds is 0. The van der Waals surface area contributed by atoms with Crippen LogP contribution in [-0.4, -0.2) is 0 Å². The molecule has 0 rings (SSSR count). The molecule has 1 heteroatoms. The molecule has 4 heavy (non-hydrogen) atoms. The van der Waals surface area contributed by atoms with Gasteiger partial charge in [-0.25, -0.2) is 4.39 Å². The van der Waals surface area contributed by atoms with Crippen LogP contribution in [0.1, 0.15) is 8.29 Å². The second-order valence-corrected chi connectivity index (χ2v) is 0.398. The van der Waals surface area contributed by atoms with Crippen molar-refractivity contribution in [2.75, 3.05) is 0 Å². The Labute approximate surface area is 26.4 Å². The lowest BCUT2D eigenvalue weighted by atomic mass is 10.8. The summed E-state index contributed by atoms with van der Waals surface area (Å²) >= 11 is 0. The predicted octanol–water partition coefficient (Wildman–Crippen LogP) is 1.49. The summed E-state index contributed by atoms with van der Waals surface area (Å²) in [4.78, 5) is 0. The SMILES string of the molecule is [2H]/C(C)=C/F. The van der Waals surface area contributed by atoms with E-state index in [9.17, 15) is 4.39 Å². The molecule has 0 amide bonds. The van der Waals surface area contributed by atoms with Crippen LogP contribution in [0.3, 0.4) is 0 Å². The Morgan fingerprint density at radius 3 is 2.50 bits per heavy atom. The number of hydrogen-bond acceptors (Lipinski definition) is 0. The van der Waals surface area contributed by atoms with Gasteiger partial charge in [-0.2, -0.15) is 0 Å². The van der Waals surface area contributed by atoms with E-state index >= 15 is 0 Å². The Bertz CT molecular complexity index is 44.9. The molecule has 0 aromatic carbocycles. The van der Waals surface area contributed by atoms with E-state index in [2.05, 4.69) is 0 Å². The molecule has 0 aromatic rings. The van der Waals surface area contributed by atoms with Crippen molar-refractivity contribution in [1.29, 1.82) is 0 Å². The van der Waals surface area contributed by atoms with Gasteiger partial charge in [-0.1, -0.05) is 6.05 Å². The molecule has 0 bridgehead atoms. The van der Waals surface area contributed by atoms with Gasteiger partial charge in [-0.3, -0.25) is 0 Å². The maximum atomic E-state index is 10.8. The molecule has 0 N–H and O–H groups in total. The summed E-state index contributed by atoms with van der Waals surface area (Å²) in [6, 6.07) is -0.0370. The van der Waals surface area contributed by atoms with Crippen LogP contribution in [-0.2, 0) is 0 Å². The van der Waals surface area contributed by atoms with Crippen LogP contribution in [0, 0.1) is 0 Å². The van der Waals surface area contributed by atoms with Gasteiger partial charge in [0.2, 0.25) is 0 Å². The molecule has 0 spiro atoms. The third-order valence-electron chi connectivity index (χ3n) is 0.109. The second-order valence-electron chi connectivity index (χ2n) is 0.398. The first-order chi connectivity index (χ1) is 2.27. The second kappa shape index (κ2) is 2.67. The van der Waals surface area contributed by atoms with Crippen molar-refractivity contribution < 1.29 is 5.76 Å². The topological polar surface area (TPSA) is 0 Å². The molecular formula is C3H5F. The van der Waals surface area contributed by atoms with E-state index in [-0.39, 0.29) is 12.4 Å². The highest BCUT2D eigenvalue weighted by atomic mass is 19.1. The van der Waals surface area contributed by atoms with E-state index in [1.807, 2.05) is 0 Å². The van der Waals surface area contributed by atoms with Crippen LogP contribution in [0.4, 0.5) is 4.39 Å². The first-order valence-corrected chi connectivity index (χ1v) is 1.01. The minimum absolute atomic E-state index is 0.0370. The van der Waals surface area contributed by atoms with Gasteiger partial charge in [0.25, 0.3) is 0 Å². The monoisotopic (exact) mass is 61.0 g/mol. The summed E-state index contributed by atoms with van der Waals surface area (Å²) < 4.78 is 17.1. The molecule has 0 saturated carbocycles. The van der Waals surface area contributed by atoms with Crippen molar-refractivity contribution in [2.24, 2.45) is 0 Å². The van der Waals surface area contributed by atoms with E-state index in [1.165, 1.54) is 6.92 Å². The van der Waals surface area contributed by atoms with E-state index in [4.69, 9.17) is 1.37 Å². The predicted molar refractivity (Wildman–Crippen MR) is 15.9 cm³/mol. The Morgan fingerprint density at radius 1 is 2.25 bits per heavy atom. The zero-order valence-electron chi connectivity index (χ0n) is 3.46.